The van der Waals surface area contributed by atoms with Crippen LogP contribution in [0.4, 0.5) is 0 Å². The van der Waals surface area contributed by atoms with Crippen LogP contribution in [0.15, 0.2) is 0 Å². The van der Waals surface area contributed by atoms with Crippen LogP contribution >= 0.6 is 0 Å². The van der Waals surface area contributed by atoms with Crippen molar-refractivity contribution in [3.8, 4) is 0 Å². The van der Waals surface area contributed by atoms with Crippen molar-refractivity contribution in [1.82, 2.24) is 0 Å². The first-order chi connectivity index (χ1) is 1.91. The molecule has 0 aromatic rings. The van der Waals surface area contributed by atoms with E-state index in [1.54, 1.807) is 0 Å². The zero-order valence-corrected chi connectivity index (χ0v) is 5.41. The van der Waals surface area contributed by atoms with Gasteiger partial charge >= 0.3 is 0 Å². The second-order valence-corrected chi connectivity index (χ2v) is 2.00. The molecule has 0 unspecified atom stereocenters. The predicted octanol–water partition coefficient (Wildman–Crippen LogP) is -1.27. The zero-order valence-electron chi connectivity index (χ0n) is 3.41. The molecule has 0 nitrogen and oxygen atoms in total. The standard InChI is InChI=1S/C3H10Si.H4Si/c1-2-3-4;/h2-3H2,1,4H3;1H4. The number of hydrogen-bond donors (Lipinski definition) is 0. The van der Waals surface area contributed by atoms with E-state index in [4.69, 9.17) is 0 Å². The fourth-order valence-corrected chi connectivity index (χ4v) is 0. The molecule has 0 N–H and O–H groups in total. The van der Waals surface area contributed by atoms with Crippen LogP contribution in [0.25, 0.3) is 0 Å². The van der Waals surface area contributed by atoms with Crippen LogP contribution in [0.3, 0.4) is 0 Å². The van der Waals surface area contributed by atoms with E-state index in [1.807, 2.05) is 0 Å². The molecular formula is C3H14Si2. The molecule has 0 aromatic carbocycles. The van der Waals surface area contributed by atoms with Crippen LogP contribution in [0.2, 0.25) is 6.04 Å². The Morgan fingerprint density at radius 1 is 1.60 bits per heavy atom. The third kappa shape index (κ3) is 12.8. The zero-order chi connectivity index (χ0) is 3.41. The fraction of sp³-hybridized carbons (Fsp3) is 1.00. The molecule has 0 aromatic heterocycles. The van der Waals surface area contributed by atoms with Crippen molar-refractivity contribution in [3.05, 3.63) is 0 Å². The maximum atomic E-state index is 2.22. The van der Waals surface area contributed by atoms with E-state index in [-0.39, 0.29) is 11.0 Å². The SMILES string of the molecule is CCC[SiH3].[SiH4]. The minimum atomic E-state index is 0. The Morgan fingerprint density at radius 3 is 1.80 bits per heavy atom. The Kier molecular flexibility index (Phi) is 16.0. The molecule has 0 radical (unpaired) electrons. The minimum absolute atomic E-state index is 0. The maximum Gasteiger partial charge on any atom is 0.00278 e. The quantitative estimate of drug-likeness (QED) is 0.366. The van der Waals surface area contributed by atoms with Crippen LogP contribution < -0.4 is 0 Å². The summed E-state index contributed by atoms with van der Waals surface area (Å²) in [6, 6.07) is 1.46. The van der Waals surface area contributed by atoms with Gasteiger partial charge in [-0.2, -0.15) is 0 Å². The second kappa shape index (κ2) is 8.83. The van der Waals surface area contributed by atoms with Gasteiger partial charge in [0, 0.05) is 10.2 Å². The molecule has 0 bridgehead atoms. The van der Waals surface area contributed by atoms with Crippen molar-refractivity contribution < 1.29 is 0 Å². The lowest BCUT2D eigenvalue weighted by Crippen LogP contribution is -1.55. The summed E-state index contributed by atoms with van der Waals surface area (Å²) in [7, 11) is 1.39. The molecule has 34 valence electrons. The molecule has 0 atom stereocenters. The summed E-state index contributed by atoms with van der Waals surface area (Å²) in [6.45, 7) is 2.22. The first kappa shape index (κ1) is 9.06. The largest absolute Gasteiger partial charge is 0.0661 e. The number of rotatable bonds is 1. The first-order valence-electron chi connectivity index (χ1n) is 1.91. The van der Waals surface area contributed by atoms with Crippen molar-refractivity contribution in [3.63, 3.8) is 0 Å². The average Bonchev–Trinajstić information content (AvgIpc) is 1.37. The van der Waals surface area contributed by atoms with E-state index in [0.717, 1.165) is 0 Å². The van der Waals surface area contributed by atoms with Crippen molar-refractivity contribution in [1.29, 1.82) is 0 Å². The first-order valence-corrected chi connectivity index (χ1v) is 3.33. The van der Waals surface area contributed by atoms with Crippen LogP contribution in [0, 0.1) is 0 Å². The van der Waals surface area contributed by atoms with Crippen LogP contribution in [0.1, 0.15) is 13.3 Å². The Labute approximate surface area is 41.4 Å². The molecule has 0 spiro atoms. The second-order valence-electron chi connectivity index (χ2n) is 1.000. The summed E-state index contributed by atoms with van der Waals surface area (Å²) in [5.74, 6) is 0. The Hall–Kier alpha value is 0.434. The van der Waals surface area contributed by atoms with Gasteiger partial charge in [-0.3, -0.25) is 0 Å². The average molecular weight is 106 g/mol. The highest BCUT2D eigenvalue weighted by Crippen LogP contribution is 1.73. The summed E-state index contributed by atoms with van der Waals surface area (Å²) < 4.78 is 0. The molecule has 0 amide bonds. The van der Waals surface area contributed by atoms with Gasteiger partial charge in [0.1, 0.15) is 0 Å². The molecule has 0 saturated carbocycles. The maximum absolute atomic E-state index is 2.22. The third-order valence-electron chi connectivity index (χ3n) is 0.500. The summed E-state index contributed by atoms with van der Waals surface area (Å²) in [5, 5.41) is 0. The molecular weight excluding hydrogens is 92.2 g/mol. The highest BCUT2D eigenvalue weighted by atomic mass is 28.1. The van der Waals surface area contributed by atoms with Crippen molar-refractivity contribution >= 4 is 21.2 Å². The van der Waals surface area contributed by atoms with Gasteiger partial charge in [0.15, 0.2) is 0 Å². The smallest absolute Gasteiger partial charge is 0.00278 e. The Balaban J connectivity index is 0. The van der Waals surface area contributed by atoms with Gasteiger partial charge in [-0.1, -0.05) is 19.4 Å². The van der Waals surface area contributed by atoms with Crippen LogP contribution in [0.5, 0.6) is 0 Å². The van der Waals surface area contributed by atoms with Crippen LogP contribution in [-0.2, 0) is 0 Å². The molecule has 5 heavy (non-hydrogen) atoms. The Morgan fingerprint density at radius 2 is 1.80 bits per heavy atom. The van der Waals surface area contributed by atoms with E-state index in [9.17, 15) is 0 Å². The summed E-state index contributed by atoms with van der Waals surface area (Å²) in [4.78, 5) is 0. The topological polar surface area (TPSA) is 0 Å². The fourth-order valence-electron chi connectivity index (χ4n) is 0. The lowest BCUT2D eigenvalue weighted by molar-refractivity contribution is 1.08. The Bertz CT molecular complexity index is 6.85. The van der Waals surface area contributed by atoms with Crippen LogP contribution in [-0.4, -0.2) is 21.2 Å². The van der Waals surface area contributed by atoms with E-state index >= 15 is 0 Å². The highest BCUT2D eigenvalue weighted by Gasteiger charge is 1.57. The number of hydrogen-bond acceptors (Lipinski definition) is 0. The highest BCUT2D eigenvalue weighted by molar-refractivity contribution is 6.08. The molecule has 0 aliphatic heterocycles. The molecule has 0 aliphatic carbocycles. The van der Waals surface area contributed by atoms with Gasteiger partial charge in [0.05, 0.1) is 0 Å². The lowest BCUT2D eigenvalue weighted by atomic mass is 10.6. The van der Waals surface area contributed by atoms with Crippen molar-refractivity contribution in [2.45, 2.75) is 19.4 Å². The van der Waals surface area contributed by atoms with E-state index in [0.29, 0.717) is 0 Å². The van der Waals surface area contributed by atoms with E-state index in [2.05, 4.69) is 6.92 Å². The minimum Gasteiger partial charge on any atom is -0.0661 e. The van der Waals surface area contributed by atoms with E-state index in [1.165, 1.54) is 22.7 Å². The lowest BCUT2D eigenvalue weighted by Gasteiger charge is -1.67. The molecule has 0 heterocycles. The van der Waals surface area contributed by atoms with Crippen molar-refractivity contribution in [2.75, 3.05) is 0 Å². The molecule has 0 saturated heterocycles. The molecule has 2 heteroatoms. The predicted molar refractivity (Wildman–Crippen MR) is 36.4 cm³/mol. The third-order valence-corrected chi connectivity index (χ3v) is 1.50. The normalized spacial score (nSPS) is 6.60. The summed E-state index contributed by atoms with van der Waals surface area (Å²) >= 11 is 0. The van der Waals surface area contributed by atoms with Gasteiger partial charge < -0.3 is 0 Å². The van der Waals surface area contributed by atoms with Gasteiger partial charge in [-0.05, 0) is 11.0 Å². The van der Waals surface area contributed by atoms with Gasteiger partial charge in [0.25, 0.3) is 0 Å². The van der Waals surface area contributed by atoms with E-state index < -0.39 is 0 Å². The monoisotopic (exact) mass is 106 g/mol. The summed E-state index contributed by atoms with van der Waals surface area (Å²) in [5.41, 5.74) is 0. The van der Waals surface area contributed by atoms with Gasteiger partial charge in [-0.15, -0.1) is 0 Å². The van der Waals surface area contributed by atoms with Gasteiger partial charge in [0.2, 0.25) is 0 Å². The molecule has 0 fully saturated rings. The van der Waals surface area contributed by atoms with Gasteiger partial charge in [-0.25, -0.2) is 0 Å². The molecule has 0 rings (SSSR count). The molecule has 0 aliphatic rings. The van der Waals surface area contributed by atoms with Crippen molar-refractivity contribution in [2.24, 2.45) is 0 Å². The summed E-state index contributed by atoms with van der Waals surface area (Å²) in [6.07, 6.45) is 1.38.